The highest BCUT2D eigenvalue weighted by Crippen LogP contribution is 2.24. The third kappa shape index (κ3) is 4.48. The van der Waals surface area contributed by atoms with Crippen LogP contribution in [0.2, 0.25) is 0 Å². The lowest BCUT2D eigenvalue weighted by Crippen LogP contribution is -2.47. The number of likely N-dealkylation sites (tertiary alicyclic amines) is 1. The summed E-state index contributed by atoms with van der Waals surface area (Å²) in [6.07, 6.45) is 1.22. The van der Waals surface area contributed by atoms with Gasteiger partial charge < -0.3 is 14.7 Å². The summed E-state index contributed by atoms with van der Waals surface area (Å²) >= 11 is 0. The van der Waals surface area contributed by atoms with Crippen LogP contribution in [0.3, 0.4) is 0 Å². The van der Waals surface area contributed by atoms with Crippen molar-refractivity contribution < 1.29 is 19.4 Å². The van der Waals surface area contributed by atoms with E-state index in [4.69, 9.17) is 9.84 Å². The second kappa shape index (κ2) is 7.11. The van der Waals surface area contributed by atoms with Crippen LogP contribution < -0.4 is 0 Å². The van der Waals surface area contributed by atoms with Gasteiger partial charge in [-0.05, 0) is 24.3 Å². The highest BCUT2D eigenvalue weighted by molar-refractivity contribution is 5.71. The molecule has 1 saturated heterocycles. The van der Waals surface area contributed by atoms with Gasteiger partial charge in [-0.25, -0.2) is 4.79 Å². The lowest BCUT2D eigenvalue weighted by molar-refractivity contribution is -0.138. The standard InChI is InChI=1S/C16H21NO4/c1-12-7-8-14(9-15(18)19)17(10-12)16(20)21-11-13-5-3-2-4-6-13/h2-6,12,14H,7-11H2,1H3,(H,18,19). The molecule has 1 aliphatic heterocycles. The first-order chi connectivity index (χ1) is 10.1. The van der Waals surface area contributed by atoms with Crippen molar-refractivity contribution in [1.29, 1.82) is 0 Å². The van der Waals surface area contributed by atoms with Gasteiger partial charge in [0.05, 0.1) is 6.42 Å². The van der Waals surface area contributed by atoms with Crippen molar-refractivity contribution in [2.45, 2.75) is 38.8 Å². The Labute approximate surface area is 124 Å². The summed E-state index contributed by atoms with van der Waals surface area (Å²) in [4.78, 5) is 24.7. The number of hydrogen-bond acceptors (Lipinski definition) is 3. The molecule has 2 rings (SSSR count). The first-order valence-corrected chi connectivity index (χ1v) is 7.25. The van der Waals surface area contributed by atoms with E-state index >= 15 is 0 Å². The van der Waals surface area contributed by atoms with Crippen molar-refractivity contribution in [3.05, 3.63) is 35.9 Å². The minimum Gasteiger partial charge on any atom is -0.481 e. The van der Waals surface area contributed by atoms with Crippen LogP contribution in [-0.4, -0.2) is 34.7 Å². The van der Waals surface area contributed by atoms with Gasteiger partial charge in [-0.2, -0.15) is 0 Å². The molecule has 0 spiro atoms. The number of carboxylic acids is 1. The summed E-state index contributed by atoms with van der Waals surface area (Å²) in [5, 5.41) is 8.96. The Morgan fingerprint density at radius 2 is 2.00 bits per heavy atom. The fraction of sp³-hybridized carbons (Fsp3) is 0.500. The Morgan fingerprint density at radius 3 is 2.67 bits per heavy atom. The van der Waals surface area contributed by atoms with Crippen LogP contribution in [0.1, 0.15) is 31.7 Å². The van der Waals surface area contributed by atoms with Crippen molar-refractivity contribution in [2.75, 3.05) is 6.54 Å². The van der Waals surface area contributed by atoms with Gasteiger partial charge in [0, 0.05) is 12.6 Å². The van der Waals surface area contributed by atoms with Crippen LogP contribution >= 0.6 is 0 Å². The van der Waals surface area contributed by atoms with E-state index in [0.717, 1.165) is 12.0 Å². The molecule has 5 heteroatoms. The van der Waals surface area contributed by atoms with Crippen LogP contribution in [0.25, 0.3) is 0 Å². The van der Waals surface area contributed by atoms with Crippen molar-refractivity contribution in [3.63, 3.8) is 0 Å². The molecule has 2 atom stereocenters. The number of nitrogens with zero attached hydrogens (tertiary/aromatic N) is 1. The first kappa shape index (κ1) is 15.4. The molecule has 5 nitrogen and oxygen atoms in total. The topological polar surface area (TPSA) is 66.8 Å². The number of ether oxygens (including phenoxy) is 1. The van der Waals surface area contributed by atoms with Crippen LogP contribution in [0.4, 0.5) is 4.79 Å². The second-order valence-electron chi connectivity index (χ2n) is 5.63. The van der Waals surface area contributed by atoms with Gasteiger partial charge in [0.1, 0.15) is 6.61 Å². The number of amides is 1. The Morgan fingerprint density at radius 1 is 1.29 bits per heavy atom. The number of piperidine rings is 1. The predicted octanol–water partition coefficient (Wildman–Crippen LogP) is 2.90. The van der Waals surface area contributed by atoms with Gasteiger partial charge in [-0.3, -0.25) is 4.79 Å². The van der Waals surface area contributed by atoms with E-state index in [2.05, 4.69) is 6.92 Å². The fourth-order valence-corrected chi connectivity index (χ4v) is 2.65. The highest BCUT2D eigenvalue weighted by Gasteiger charge is 2.32. The summed E-state index contributed by atoms with van der Waals surface area (Å²) in [5.74, 6) is -0.505. The van der Waals surface area contributed by atoms with Crippen molar-refractivity contribution in [2.24, 2.45) is 5.92 Å². The fourth-order valence-electron chi connectivity index (χ4n) is 2.65. The molecule has 21 heavy (non-hydrogen) atoms. The SMILES string of the molecule is CC1CCC(CC(=O)O)N(C(=O)OCc2ccccc2)C1. The Bertz CT molecular complexity index is 488. The number of aliphatic carboxylic acids is 1. The Kier molecular flexibility index (Phi) is 5.20. The molecule has 1 fully saturated rings. The van der Waals surface area contributed by atoms with Gasteiger partial charge >= 0.3 is 12.1 Å². The average molecular weight is 291 g/mol. The van der Waals surface area contributed by atoms with E-state index in [1.165, 1.54) is 0 Å². The van der Waals surface area contributed by atoms with Gasteiger partial charge in [-0.15, -0.1) is 0 Å². The summed E-state index contributed by atoms with van der Waals surface area (Å²) in [6.45, 7) is 2.84. The van der Waals surface area contributed by atoms with E-state index in [1.807, 2.05) is 30.3 Å². The van der Waals surface area contributed by atoms with Crippen molar-refractivity contribution >= 4 is 12.1 Å². The molecule has 0 radical (unpaired) electrons. The van der Waals surface area contributed by atoms with Crippen molar-refractivity contribution in [3.8, 4) is 0 Å². The maximum Gasteiger partial charge on any atom is 0.410 e. The third-order valence-electron chi connectivity index (χ3n) is 3.79. The summed E-state index contributed by atoms with van der Waals surface area (Å²) in [7, 11) is 0. The smallest absolute Gasteiger partial charge is 0.410 e. The maximum atomic E-state index is 12.2. The lowest BCUT2D eigenvalue weighted by Gasteiger charge is -2.37. The van der Waals surface area contributed by atoms with Crippen LogP contribution in [0.15, 0.2) is 30.3 Å². The van der Waals surface area contributed by atoms with Crippen molar-refractivity contribution in [1.82, 2.24) is 4.90 Å². The average Bonchev–Trinajstić information content (AvgIpc) is 2.47. The molecule has 0 saturated carbocycles. The summed E-state index contributed by atoms with van der Waals surface area (Å²) in [5.41, 5.74) is 0.922. The molecule has 1 aromatic carbocycles. The van der Waals surface area contributed by atoms with Gasteiger partial charge in [-0.1, -0.05) is 37.3 Å². The lowest BCUT2D eigenvalue weighted by atomic mass is 9.93. The van der Waals surface area contributed by atoms with E-state index < -0.39 is 12.1 Å². The summed E-state index contributed by atoms with van der Waals surface area (Å²) < 4.78 is 5.32. The van der Waals surface area contributed by atoms with E-state index in [1.54, 1.807) is 4.90 Å². The maximum absolute atomic E-state index is 12.2. The molecule has 0 aliphatic carbocycles. The van der Waals surface area contributed by atoms with Crippen LogP contribution in [0, 0.1) is 5.92 Å². The van der Waals surface area contributed by atoms with Gasteiger partial charge in [0.2, 0.25) is 0 Å². The number of rotatable bonds is 4. The number of hydrogen-bond donors (Lipinski definition) is 1. The largest absolute Gasteiger partial charge is 0.481 e. The molecule has 1 heterocycles. The minimum absolute atomic E-state index is 0.0207. The molecule has 1 aliphatic rings. The number of carbonyl (C=O) groups is 2. The van der Waals surface area contributed by atoms with Crippen LogP contribution in [0.5, 0.6) is 0 Å². The molecule has 1 N–H and O–H groups in total. The molecule has 0 bridgehead atoms. The normalized spacial score (nSPS) is 21.9. The third-order valence-corrected chi connectivity index (χ3v) is 3.79. The Hall–Kier alpha value is -2.04. The minimum atomic E-state index is -0.879. The first-order valence-electron chi connectivity index (χ1n) is 7.25. The number of benzene rings is 1. The zero-order valence-corrected chi connectivity index (χ0v) is 12.2. The predicted molar refractivity (Wildman–Crippen MR) is 77.8 cm³/mol. The molecule has 0 aromatic heterocycles. The van der Waals surface area contributed by atoms with Gasteiger partial charge in [0.15, 0.2) is 0 Å². The van der Waals surface area contributed by atoms with E-state index in [-0.39, 0.29) is 19.1 Å². The quantitative estimate of drug-likeness (QED) is 0.926. The van der Waals surface area contributed by atoms with Gasteiger partial charge in [0.25, 0.3) is 0 Å². The zero-order valence-electron chi connectivity index (χ0n) is 12.2. The summed E-state index contributed by atoms with van der Waals surface area (Å²) in [6, 6.07) is 9.20. The molecule has 114 valence electrons. The molecular formula is C16H21NO4. The van der Waals surface area contributed by atoms with E-state index in [0.29, 0.717) is 18.9 Å². The molecule has 2 unspecified atom stereocenters. The van der Waals surface area contributed by atoms with E-state index in [9.17, 15) is 9.59 Å². The number of carboxylic acid groups (broad SMARTS) is 1. The Balaban J connectivity index is 1.95. The second-order valence-corrected chi connectivity index (χ2v) is 5.63. The monoisotopic (exact) mass is 291 g/mol. The highest BCUT2D eigenvalue weighted by atomic mass is 16.6. The number of carbonyl (C=O) groups excluding carboxylic acids is 1. The molecular weight excluding hydrogens is 270 g/mol. The zero-order chi connectivity index (χ0) is 15.2. The molecule has 1 amide bonds. The van der Waals surface area contributed by atoms with Crippen LogP contribution in [-0.2, 0) is 16.1 Å². The molecule has 1 aromatic rings.